The lowest BCUT2D eigenvalue weighted by Crippen LogP contribution is -2.71. The van der Waals surface area contributed by atoms with Crippen molar-refractivity contribution < 1.29 is 37.3 Å². The van der Waals surface area contributed by atoms with Gasteiger partial charge in [0, 0.05) is 22.7 Å². The molecule has 0 spiro atoms. The number of alkyl halides is 3. The van der Waals surface area contributed by atoms with Gasteiger partial charge in [0.05, 0.1) is 17.3 Å². The van der Waals surface area contributed by atoms with Crippen LogP contribution in [0.25, 0.3) is 0 Å². The number of esters is 1. The van der Waals surface area contributed by atoms with Crippen LogP contribution in [0.4, 0.5) is 13.2 Å². The molecule has 0 radical (unpaired) electrons. The minimum absolute atomic E-state index is 0.0205. The largest absolute Gasteiger partial charge is 0.452 e. The smallest absolute Gasteiger partial charge is 0.351 e. The summed E-state index contributed by atoms with van der Waals surface area (Å²) in [6.45, 7) is 5.39. The van der Waals surface area contributed by atoms with Gasteiger partial charge < -0.3 is 14.6 Å². The normalized spacial score (nSPS) is 43.5. The fourth-order valence-electron chi connectivity index (χ4n) is 8.06. The molecule has 0 unspecified atom stereocenters. The van der Waals surface area contributed by atoms with E-state index < -0.39 is 70.7 Å². The number of thiocarbonyl (C=S) groups is 1. The van der Waals surface area contributed by atoms with Crippen molar-refractivity contribution in [1.82, 2.24) is 4.98 Å². The highest BCUT2D eigenvalue weighted by molar-refractivity contribution is 7.80. The molecule has 206 valence electrons. The molecule has 0 aliphatic heterocycles. The van der Waals surface area contributed by atoms with Gasteiger partial charge in [-0.15, -0.1) is 11.3 Å². The van der Waals surface area contributed by atoms with Crippen molar-refractivity contribution in [3.63, 3.8) is 0 Å². The Balaban J connectivity index is 1.64. The molecule has 3 saturated carbocycles. The standard InChI is InChI=1S/C27H30F3NO5S2/c1-13-7-16-17-9-19(29)18-8-15(32)5-6-24(18,3)26(17,30)20(33)10-25(16,4)27(13,23(37)35-11-28)36-22(34)21-14(2)31-12-38-21/h5-6,8,12-13,16-17,19-20,33H,7,9-11H2,1-4H3/t13-,16+,17+,19+,20+,24+,25+,26+,27+/m1/s1. The average molecular weight is 570 g/mol. The highest BCUT2D eigenvalue weighted by Crippen LogP contribution is 2.71. The van der Waals surface area contributed by atoms with Crippen LogP contribution < -0.4 is 0 Å². The molecule has 1 N–H and O–H groups in total. The lowest BCUT2D eigenvalue weighted by atomic mass is 9.44. The third-order valence-electron chi connectivity index (χ3n) is 9.84. The molecular weight excluding hydrogens is 539 g/mol. The number of hydrogen-bond donors (Lipinski definition) is 1. The molecule has 38 heavy (non-hydrogen) atoms. The van der Waals surface area contributed by atoms with Crippen molar-refractivity contribution in [2.75, 3.05) is 6.86 Å². The van der Waals surface area contributed by atoms with E-state index in [0.29, 0.717) is 5.69 Å². The number of carbonyl (C=O) groups is 2. The lowest BCUT2D eigenvalue weighted by molar-refractivity contribution is -0.215. The molecule has 1 aromatic heterocycles. The summed E-state index contributed by atoms with van der Waals surface area (Å²) in [5.74, 6) is -3.33. The SMILES string of the molecule is Cc1ncsc1C(=O)O[C@]1(C(=S)OCF)[C@H](C)C[C@H]2[C@@H]3C[C@H](F)C4=CC(=O)C=C[C@]4(C)[C@@]3(F)[C@@H](O)C[C@@]21C. The van der Waals surface area contributed by atoms with Gasteiger partial charge in [-0.25, -0.2) is 22.9 Å². The van der Waals surface area contributed by atoms with E-state index in [1.807, 2.05) is 0 Å². The minimum Gasteiger partial charge on any atom is -0.452 e. The van der Waals surface area contributed by atoms with Crippen molar-refractivity contribution >= 4 is 40.4 Å². The molecule has 9 atom stereocenters. The number of aryl methyl sites for hydroxylation is 1. The van der Waals surface area contributed by atoms with Gasteiger partial charge in [-0.3, -0.25) is 4.79 Å². The van der Waals surface area contributed by atoms with Crippen LogP contribution in [0.2, 0.25) is 0 Å². The van der Waals surface area contributed by atoms with Crippen LogP contribution in [0.5, 0.6) is 0 Å². The van der Waals surface area contributed by atoms with Crippen LogP contribution in [0.3, 0.4) is 0 Å². The van der Waals surface area contributed by atoms with Gasteiger partial charge >= 0.3 is 5.97 Å². The van der Waals surface area contributed by atoms with Crippen LogP contribution in [0.15, 0.2) is 29.3 Å². The first-order valence-corrected chi connectivity index (χ1v) is 13.9. The monoisotopic (exact) mass is 569 g/mol. The first-order chi connectivity index (χ1) is 17.8. The Morgan fingerprint density at radius 3 is 2.66 bits per heavy atom. The molecule has 1 aromatic rings. The van der Waals surface area contributed by atoms with E-state index in [9.17, 15) is 19.1 Å². The quantitative estimate of drug-likeness (QED) is 0.395. The number of aliphatic hydroxyl groups is 1. The second-order valence-corrected chi connectivity index (χ2v) is 12.7. The summed E-state index contributed by atoms with van der Waals surface area (Å²) in [6.07, 6.45) is 0.269. The Morgan fingerprint density at radius 2 is 2.03 bits per heavy atom. The minimum atomic E-state index is -2.31. The second-order valence-electron chi connectivity index (χ2n) is 11.4. The Kier molecular flexibility index (Phi) is 6.47. The van der Waals surface area contributed by atoms with Gasteiger partial charge in [-0.05, 0) is 69.0 Å². The van der Waals surface area contributed by atoms with E-state index in [2.05, 4.69) is 4.98 Å². The molecule has 3 fully saturated rings. The van der Waals surface area contributed by atoms with Crippen LogP contribution >= 0.6 is 23.6 Å². The molecule has 6 nitrogen and oxygen atoms in total. The average Bonchev–Trinajstić information content (AvgIpc) is 3.37. The van der Waals surface area contributed by atoms with E-state index in [4.69, 9.17) is 21.7 Å². The predicted molar refractivity (Wildman–Crippen MR) is 138 cm³/mol. The summed E-state index contributed by atoms with van der Waals surface area (Å²) >= 11 is 6.61. The van der Waals surface area contributed by atoms with Crippen molar-refractivity contribution in [1.29, 1.82) is 0 Å². The zero-order valence-corrected chi connectivity index (χ0v) is 23.1. The molecule has 4 aliphatic rings. The summed E-state index contributed by atoms with van der Waals surface area (Å²) in [5, 5.41) is 11.3. The van der Waals surface area contributed by atoms with Gasteiger partial charge in [-0.1, -0.05) is 19.9 Å². The van der Waals surface area contributed by atoms with Gasteiger partial charge in [0.25, 0.3) is 0 Å². The first-order valence-electron chi connectivity index (χ1n) is 12.6. The highest BCUT2D eigenvalue weighted by Gasteiger charge is 2.78. The Labute approximate surface area is 228 Å². The lowest BCUT2D eigenvalue weighted by Gasteiger charge is -2.63. The summed E-state index contributed by atoms with van der Waals surface area (Å²) in [5.41, 5.74) is -4.80. The summed E-state index contributed by atoms with van der Waals surface area (Å²) in [7, 11) is 0. The third-order valence-corrected chi connectivity index (χ3v) is 11.2. The molecular formula is C27H30F3NO5S2. The Morgan fingerprint density at radius 1 is 1.32 bits per heavy atom. The number of allylic oxidation sites excluding steroid dienone is 4. The number of nitrogens with zero attached hydrogens (tertiary/aromatic N) is 1. The van der Waals surface area contributed by atoms with Gasteiger partial charge in [0.1, 0.15) is 11.0 Å². The topological polar surface area (TPSA) is 85.7 Å². The molecule has 0 bridgehead atoms. The summed E-state index contributed by atoms with van der Waals surface area (Å²) < 4.78 is 58.0. The van der Waals surface area contributed by atoms with Gasteiger partial charge in [0.2, 0.25) is 11.9 Å². The Hall–Kier alpha value is -2.11. The number of ketones is 1. The molecule has 4 aliphatic carbocycles. The Bertz CT molecular complexity index is 1270. The van der Waals surface area contributed by atoms with Gasteiger partial charge in [0.15, 0.2) is 17.1 Å². The number of fused-ring (bicyclic) bond motifs is 5. The zero-order chi connectivity index (χ0) is 27.8. The second kappa shape index (κ2) is 8.96. The maximum atomic E-state index is 17.4. The number of carbonyl (C=O) groups excluding carboxylic acids is 2. The highest BCUT2D eigenvalue weighted by atomic mass is 32.1. The number of ether oxygens (including phenoxy) is 2. The molecule has 0 amide bonds. The van der Waals surface area contributed by atoms with E-state index in [0.717, 1.165) is 17.4 Å². The zero-order valence-electron chi connectivity index (χ0n) is 21.5. The van der Waals surface area contributed by atoms with Crippen LogP contribution in [-0.4, -0.2) is 57.3 Å². The van der Waals surface area contributed by atoms with E-state index in [1.54, 1.807) is 20.8 Å². The number of rotatable bonds is 4. The molecule has 5 rings (SSSR count). The number of halogens is 3. The van der Waals surface area contributed by atoms with Crippen molar-refractivity contribution in [2.24, 2.45) is 28.6 Å². The number of thiazole rings is 1. The molecule has 0 aromatic carbocycles. The fourth-order valence-corrected chi connectivity index (χ4v) is 9.26. The molecule has 0 saturated heterocycles. The van der Waals surface area contributed by atoms with E-state index >= 15 is 8.78 Å². The number of aliphatic hydroxyl groups excluding tert-OH is 1. The van der Waals surface area contributed by atoms with Crippen LogP contribution in [0.1, 0.15) is 55.4 Å². The number of hydrogen-bond acceptors (Lipinski definition) is 8. The van der Waals surface area contributed by atoms with Gasteiger partial charge in [-0.2, -0.15) is 0 Å². The fraction of sp³-hybridized carbons (Fsp3) is 0.630. The van der Waals surface area contributed by atoms with Crippen molar-refractivity contribution in [3.05, 3.63) is 39.9 Å². The van der Waals surface area contributed by atoms with E-state index in [-0.39, 0.29) is 34.8 Å². The van der Waals surface area contributed by atoms with Crippen molar-refractivity contribution in [2.45, 2.75) is 70.5 Å². The summed E-state index contributed by atoms with van der Waals surface area (Å²) in [6, 6.07) is 0. The third kappa shape index (κ3) is 3.33. The predicted octanol–water partition coefficient (Wildman–Crippen LogP) is 5.18. The van der Waals surface area contributed by atoms with Crippen LogP contribution in [-0.2, 0) is 14.3 Å². The molecule has 11 heteroatoms. The first kappa shape index (κ1) is 27.5. The maximum absolute atomic E-state index is 17.4. The number of aromatic nitrogens is 1. The van der Waals surface area contributed by atoms with Crippen molar-refractivity contribution in [3.8, 4) is 0 Å². The molecule has 1 heterocycles. The van der Waals surface area contributed by atoms with Crippen LogP contribution in [0, 0.1) is 35.5 Å². The maximum Gasteiger partial charge on any atom is 0.351 e. The van der Waals surface area contributed by atoms with E-state index in [1.165, 1.54) is 24.6 Å². The summed E-state index contributed by atoms with van der Waals surface area (Å²) in [4.78, 5) is 29.8.